The van der Waals surface area contributed by atoms with Crippen molar-refractivity contribution in [1.29, 1.82) is 0 Å². The van der Waals surface area contributed by atoms with Crippen molar-refractivity contribution in [3.8, 4) is 0 Å². The highest BCUT2D eigenvalue weighted by molar-refractivity contribution is 5.78. The van der Waals surface area contributed by atoms with Gasteiger partial charge in [0.1, 0.15) is 17.4 Å². The Bertz CT molecular complexity index is 487. The minimum atomic E-state index is -0.724. The summed E-state index contributed by atoms with van der Waals surface area (Å²) < 4.78 is 10.7. The predicted molar refractivity (Wildman–Crippen MR) is 62.4 cm³/mol. The van der Waals surface area contributed by atoms with Crippen LogP contribution in [-0.4, -0.2) is 18.3 Å². The van der Waals surface area contributed by atoms with E-state index in [2.05, 4.69) is 0 Å². The third kappa shape index (κ3) is 1.96. The average molecular weight is 220 g/mol. The maximum Gasteiger partial charge on any atom is 0.137 e. The van der Waals surface area contributed by atoms with Gasteiger partial charge in [-0.2, -0.15) is 0 Å². The summed E-state index contributed by atoms with van der Waals surface area (Å²) in [4.78, 5) is 0. The molecule has 0 amide bonds. The van der Waals surface area contributed by atoms with E-state index >= 15 is 0 Å². The molecule has 2 rings (SSSR count). The Morgan fingerprint density at radius 3 is 2.75 bits per heavy atom. The van der Waals surface area contributed by atoms with Gasteiger partial charge < -0.3 is 14.3 Å². The second kappa shape index (κ2) is 4.28. The van der Waals surface area contributed by atoms with Gasteiger partial charge in [-0.25, -0.2) is 0 Å². The first-order chi connectivity index (χ1) is 7.61. The van der Waals surface area contributed by atoms with E-state index in [4.69, 9.17) is 9.15 Å². The fourth-order valence-electron chi connectivity index (χ4n) is 1.69. The van der Waals surface area contributed by atoms with Crippen molar-refractivity contribution in [2.24, 2.45) is 0 Å². The monoisotopic (exact) mass is 220 g/mol. The minimum absolute atomic E-state index is 0.276. The van der Waals surface area contributed by atoms with Gasteiger partial charge in [0.15, 0.2) is 0 Å². The topological polar surface area (TPSA) is 42.6 Å². The van der Waals surface area contributed by atoms with Crippen molar-refractivity contribution in [3.63, 3.8) is 0 Å². The molecule has 2 atom stereocenters. The Balaban J connectivity index is 2.39. The summed E-state index contributed by atoms with van der Waals surface area (Å²) in [6.45, 7) is 3.84. The van der Waals surface area contributed by atoms with Crippen molar-refractivity contribution in [2.45, 2.75) is 26.1 Å². The molecule has 3 heteroatoms. The molecule has 0 aliphatic heterocycles. The van der Waals surface area contributed by atoms with Gasteiger partial charge in [-0.15, -0.1) is 0 Å². The number of rotatable bonds is 3. The van der Waals surface area contributed by atoms with Gasteiger partial charge in [-0.3, -0.25) is 0 Å². The molecule has 0 fully saturated rings. The van der Waals surface area contributed by atoms with Crippen LogP contribution in [0.3, 0.4) is 0 Å². The number of aryl methyl sites for hydroxylation is 1. The van der Waals surface area contributed by atoms with E-state index in [0.29, 0.717) is 5.76 Å². The van der Waals surface area contributed by atoms with Gasteiger partial charge >= 0.3 is 0 Å². The summed E-state index contributed by atoms with van der Waals surface area (Å²) in [5.41, 5.74) is 1.97. The molecule has 0 aliphatic rings. The Hall–Kier alpha value is -1.32. The lowest BCUT2D eigenvalue weighted by Crippen LogP contribution is -2.15. The first-order valence-electron chi connectivity index (χ1n) is 5.33. The van der Waals surface area contributed by atoms with Gasteiger partial charge in [0.2, 0.25) is 0 Å². The number of fused-ring (bicyclic) bond motifs is 1. The lowest BCUT2D eigenvalue weighted by molar-refractivity contribution is -0.0114. The smallest absolute Gasteiger partial charge is 0.137 e. The molecule has 2 aromatic rings. The quantitative estimate of drug-likeness (QED) is 0.864. The molecule has 1 aromatic heterocycles. The maximum absolute atomic E-state index is 9.94. The fraction of sp³-hybridized carbons (Fsp3) is 0.385. The molecule has 1 heterocycles. The van der Waals surface area contributed by atoms with E-state index in [-0.39, 0.29) is 6.10 Å². The number of hydrogen-bond acceptors (Lipinski definition) is 3. The Morgan fingerprint density at radius 2 is 2.06 bits per heavy atom. The summed E-state index contributed by atoms with van der Waals surface area (Å²) in [5.74, 6) is 0.551. The first-order valence-corrected chi connectivity index (χ1v) is 5.33. The molecule has 3 nitrogen and oxygen atoms in total. The lowest BCUT2D eigenvalue weighted by Gasteiger charge is -2.14. The van der Waals surface area contributed by atoms with E-state index in [1.165, 1.54) is 5.56 Å². The highest BCUT2D eigenvalue weighted by Crippen LogP contribution is 2.27. The average Bonchev–Trinajstić information content (AvgIpc) is 2.69. The van der Waals surface area contributed by atoms with Gasteiger partial charge in [-0.1, -0.05) is 11.6 Å². The molecule has 0 saturated carbocycles. The van der Waals surface area contributed by atoms with Gasteiger partial charge in [0.05, 0.1) is 6.10 Å². The van der Waals surface area contributed by atoms with E-state index < -0.39 is 6.10 Å². The number of aliphatic hydroxyl groups excluding tert-OH is 1. The highest BCUT2D eigenvalue weighted by atomic mass is 16.5. The number of furan rings is 1. The van der Waals surface area contributed by atoms with Gasteiger partial charge in [-0.05, 0) is 32.0 Å². The summed E-state index contributed by atoms with van der Waals surface area (Å²) in [6, 6.07) is 7.80. The Labute approximate surface area is 94.6 Å². The standard InChI is InChI=1S/C13H16O3/c1-8-4-5-11-10(6-8)7-12(16-11)13(14)9(2)15-3/h4-7,9,13-14H,1-3H3. The maximum atomic E-state index is 9.94. The van der Waals surface area contributed by atoms with Crippen LogP contribution in [-0.2, 0) is 4.74 Å². The van der Waals surface area contributed by atoms with Crippen molar-refractivity contribution in [2.75, 3.05) is 7.11 Å². The second-order valence-electron chi connectivity index (χ2n) is 4.08. The SMILES string of the molecule is COC(C)C(O)c1cc2cc(C)ccc2o1. The van der Waals surface area contributed by atoms with Crippen molar-refractivity contribution < 1.29 is 14.3 Å². The number of hydrogen-bond donors (Lipinski definition) is 1. The zero-order valence-corrected chi connectivity index (χ0v) is 9.73. The molecule has 0 saturated heterocycles. The van der Waals surface area contributed by atoms with Crippen LogP contribution in [0, 0.1) is 6.92 Å². The molecule has 2 unspecified atom stereocenters. The van der Waals surface area contributed by atoms with Crippen LogP contribution in [0.1, 0.15) is 24.4 Å². The molecule has 86 valence electrons. The van der Waals surface area contributed by atoms with E-state index in [9.17, 15) is 5.11 Å². The van der Waals surface area contributed by atoms with Crippen LogP contribution in [0.4, 0.5) is 0 Å². The van der Waals surface area contributed by atoms with Crippen LogP contribution in [0.25, 0.3) is 11.0 Å². The van der Waals surface area contributed by atoms with Crippen LogP contribution < -0.4 is 0 Å². The van der Waals surface area contributed by atoms with Crippen molar-refractivity contribution >= 4 is 11.0 Å². The van der Waals surface area contributed by atoms with Crippen molar-refractivity contribution in [3.05, 3.63) is 35.6 Å². The second-order valence-corrected chi connectivity index (χ2v) is 4.08. The molecule has 1 N–H and O–H groups in total. The number of benzene rings is 1. The molecule has 1 aromatic carbocycles. The number of methoxy groups -OCH3 is 1. The fourth-order valence-corrected chi connectivity index (χ4v) is 1.69. The van der Waals surface area contributed by atoms with Crippen LogP contribution in [0.5, 0.6) is 0 Å². The number of aliphatic hydroxyl groups is 1. The summed E-state index contributed by atoms with van der Waals surface area (Å²) in [7, 11) is 1.57. The molecule has 0 spiro atoms. The van der Waals surface area contributed by atoms with Crippen LogP contribution in [0.15, 0.2) is 28.7 Å². The van der Waals surface area contributed by atoms with E-state index in [0.717, 1.165) is 11.0 Å². The Morgan fingerprint density at radius 1 is 1.31 bits per heavy atom. The number of ether oxygens (including phenoxy) is 1. The Kier molecular flexibility index (Phi) is 2.99. The summed E-state index contributed by atoms with van der Waals surface area (Å²) >= 11 is 0. The third-order valence-electron chi connectivity index (χ3n) is 2.80. The van der Waals surface area contributed by atoms with Crippen LogP contribution in [0.2, 0.25) is 0 Å². The predicted octanol–water partition coefficient (Wildman–Crippen LogP) is 2.81. The molecule has 0 bridgehead atoms. The highest BCUT2D eigenvalue weighted by Gasteiger charge is 2.19. The molecule has 0 aliphatic carbocycles. The largest absolute Gasteiger partial charge is 0.458 e. The summed E-state index contributed by atoms with van der Waals surface area (Å²) in [5, 5.41) is 11.0. The van der Waals surface area contributed by atoms with Crippen molar-refractivity contribution in [1.82, 2.24) is 0 Å². The minimum Gasteiger partial charge on any atom is -0.458 e. The third-order valence-corrected chi connectivity index (χ3v) is 2.80. The van der Waals surface area contributed by atoms with E-state index in [1.54, 1.807) is 7.11 Å². The van der Waals surface area contributed by atoms with Crippen LogP contribution >= 0.6 is 0 Å². The zero-order valence-electron chi connectivity index (χ0n) is 9.73. The normalized spacial score (nSPS) is 15.2. The zero-order chi connectivity index (χ0) is 11.7. The molecule has 0 radical (unpaired) electrons. The van der Waals surface area contributed by atoms with Gasteiger partial charge in [0, 0.05) is 12.5 Å². The van der Waals surface area contributed by atoms with Gasteiger partial charge in [0.25, 0.3) is 0 Å². The summed E-state index contributed by atoms with van der Waals surface area (Å²) in [6.07, 6.45) is -1.00. The first kappa shape index (κ1) is 11.2. The lowest BCUT2D eigenvalue weighted by atomic mass is 10.1. The van der Waals surface area contributed by atoms with E-state index in [1.807, 2.05) is 38.1 Å². The molecular weight excluding hydrogens is 204 g/mol. The molecule has 16 heavy (non-hydrogen) atoms. The molecular formula is C13H16O3.